The maximum atomic E-state index is 12.5. The van der Waals surface area contributed by atoms with Crippen molar-refractivity contribution in [3.8, 4) is 5.75 Å². The molecule has 0 aromatic heterocycles. The second-order valence-electron chi connectivity index (χ2n) is 5.10. The minimum Gasteiger partial charge on any atom is -0.493 e. The molecule has 0 spiro atoms. The van der Waals surface area contributed by atoms with E-state index < -0.39 is 0 Å². The van der Waals surface area contributed by atoms with Gasteiger partial charge in [-0.2, -0.15) is 0 Å². The number of hydrogen-bond acceptors (Lipinski definition) is 3. The first-order valence-corrected chi connectivity index (χ1v) is 8.40. The lowest BCUT2D eigenvalue weighted by atomic mass is 10.1. The lowest BCUT2D eigenvalue weighted by Gasteiger charge is -2.12. The van der Waals surface area contributed by atoms with Gasteiger partial charge in [0, 0.05) is 22.8 Å². The fourth-order valence-electron chi connectivity index (χ4n) is 2.07. The summed E-state index contributed by atoms with van der Waals surface area (Å²) in [6.07, 6.45) is 0.859. The molecule has 2 aromatic carbocycles. The van der Waals surface area contributed by atoms with Crippen LogP contribution in [0.3, 0.4) is 0 Å². The summed E-state index contributed by atoms with van der Waals surface area (Å²) in [6.45, 7) is 2.55. The Morgan fingerprint density at radius 3 is 2.42 bits per heavy atom. The van der Waals surface area contributed by atoms with Gasteiger partial charge in [0.2, 0.25) is 0 Å². The monoisotopic (exact) mass is 390 g/mol. The molecule has 6 heteroatoms. The zero-order valence-electron chi connectivity index (χ0n) is 13.6. The van der Waals surface area contributed by atoms with E-state index in [0.717, 1.165) is 10.9 Å². The van der Waals surface area contributed by atoms with E-state index >= 15 is 0 Å². The summed E-state index contributed by atoms with van der Waals surface area (Å²) < 4.78 is 6.43. The number of halogens is 1. The second-order valence-corrected chi connectivity index (χ2v) is 6.02. The normalized spacial score (nSPS) is 10.1. The van der Waals surface area contributed by atoms with Crippen molar-refractivity contribution in [3.63, 3.8) is 0 Å². The molecule has 0 aliphatic carbocycles. The Hall–Kier alpha value is -2.34. The highest BCUT2D eigenvalue weighted by molar-refractivity contribution is 9.10. The molecular weight excluding hydrogens is 372 g/mol. The Labute approximate surface area is 149 Å². The van der Waals surface area contributed by atoms with Crippen molar-refractivity contribution in [2.75, 3.05) is 19.0 Å². The molecule has 24 heavy (non-hydrogen) atoms. The highest BCUT2D eigenvalue weighted by Crippen LogP contribution is 2.24. The van der Waals surface area contributed by atoms with Crippen molar-refractivity contribution in [3.05, 3.63) is 58.1 Å². The summed E-state index contributed by atoms with van der Waals surface area (Å²) in [6, 6.07) is 12.0. The third kappa shape index (κ3) is 4.58. The minimum atomic E-state index is -0.268. The molecule has 0 atom stereocenters. The number of rotatable bonds is 6. The van der Waals surface area contributed by atoms with Crippen molar-refractivity contribution >= 4 is 33.4 Å². The Kier molecular flexibility index (Phi) is 6.37. The van der Waals surface area contributed by atoms with Crippen LogP contribution in [-0.4, -0.2) is 25.5 Å². The fourth-order valence-corrected chi connectivity index (χ4v) is 2.43. The van der Waals surface area contributed by atoms with Gasteiger partial charge < -0.3 is 15.4 Å². The maximum Gasteiger partial charge on any atom is 0.259 e. The predicted molar refractivity (Wildman–Crippen MR) is 97.7 cm³/mol. The fraction of sp³-hybridized carbons (Fsp3) is 0.222. The van der Waals surface area contributed by atoms with Crippen molar-refractivity contribution in [1.29, 1.82) is 0 Å². The van der Waals surface area contributed by atoms with Gasteiger partial charge in [0.05, 0.1) is 12.2 Å². The van der Waals surface area contributed by atoms with E-state index in [4.69, 9.17) is 4.74 Å². The van der Waals surface area contributed by atoms with Crippen molar-refractivity contribution in [2.24, 2.45) is 0 Å². The van der Waals surface area contributed by atoms with E-state index in [1.807, 2.05) is 13.0 Å². The molecule has 2 rings (SSSR count). The topological polar surface area (TPSA) is 67.4 Å². The summed E-state index contributed by atoms with van der Waals surface area (Å²) in [4.78, 5) is 24.1. The van der Waals surface area contributed by atoms with Gasteiger partial charge in [0.1, 0.15) is 5.75 Å². The summed E-state index contributed by atoms with van der Waals surface area (Å²) in [5.41, 5.74) is 1.59. The number of benzene rings is 2. The molecule has 2 amide bonds. The molecule has 0 saturated heterocycles. The summed E-state index contributed by atoms with van der Waals surface area (Å²) in [5.74, 6) is 0.102. The molecule has 126 valence electrons. The van der Waals surface area contributed by atoms with Crippen LogP contribution in [0.1, 0.15) is 34.1 Å². The standard InChI is InChI=1S/C18H19BrN2O3/c1-3-10-24-16-9-6-13(19)11-15(16)18(23)21-14-7-4-12(5-8-14)17(22)20-2/h4-9,11H,3,10H2,1-2H3,(H,20,22)(H,21,23). The van der Waals surface area contributed by atoms with Crippen molar-refractivity contribution < 1.29 is 14.3 Å². The van der Waals surface area contributed by atoms with Gasteiger partial charge >= 0.3 is 0 Å². The van der Waals surface area contributed by atoms with Crippen LogP contribution < -0.4 is 15.4 Å². The van der Waals surface area contributed by atoms with Gasteiger partial charge in [0.25, 0.3) is 11.8 Å². The van der Waals surface area contributed by atoms with E-state index in [1.165, 1.54) is 0 Å². The minimum absolute atomic E-state index is 0.171. The lowest BCUT2D eigenvalue weighted by Crippen LogP contribution is -2.18. The van der Waals surface area contributed by atoms with Crippen LogP contribution >= 0.6 is 15.9 Å². The average molecular weight is 391 g/mol. The van der Waals surface area contributed by atoms with Gasteiger partial charge in [-0.1, -0.05) is 22.9 Å². The Morgan fingerprint density at radius 1 is 1.08 bits per heavy atom. The molecule has 2 aromatic rings. The average Bonchev–Trinajstić information content (AvgIpc) is 2.60. The van der Waals surface area contributed by atoms with Gasteiger partial charge in [-0.05, 0) is 48.9 Å². The van der Waals surface area contributed by atoms with E-state index in [9.17, 15) is 9.59 Å². The maximum absolute atomic E-state index is 12.5. The second kappa shape index (κ2) is 8.49. The van der Waals surface area contributed by atoms with Crippen LogP contribution in [-0.2, 0) is 0 Å². The predicted octanol–water partition coefficient (Wildman–Crippen LogP) is 3.85. The van der Waals surface area contributed by atoms with Gasteiger partial charge in [-0.3, -0.25) is 9.59 Å². The van der Waals surface area contributed by atoms with Crippen LogP contribution in [0, 0.1) is 0 Å². The summed E-state index contributed by atoms with van der Waals surface area (Å²) in [7, 11) is 1.57. The molecule has 0 aliphatic heterocycles. The molecule has 0 unspecified atom stereocenters. The summed E-state index contributed by atoms with van der Waals surface area (Å²) >= 11 is 3.37. The molecule has 0 heterocycles. The number of carbonyl (C=O) groups excluding carboxylic acids is 2. The van der Waals surface area contributed by atoms with Crippen molar-refractivity contribution in [1.82, 2.24) is 5.32 Å². The molecule has 5 nitrogen and oxygen atoms in total. The van der Waals surface area contributed by atoms with E-state index in [1.54, 1.807) is 43.4 Å². The first kappa shape index (κ1) is 18.0. The zero-order chi connectivity index (χ0) is 17.5. The van der Waals surface area contributed by atoms with Gasteiger partial charge in [-0.15, -0.1) is 0 Å². The van der Waals surface area contributed by atoms with E-state index in [2.05, 4.69) is 26.6 Å². The van der Waals surface area contributed by atoms with Crippen LogP contribution in [0.25, 0.3) is 0 Å². The molecule has 0 radical (unpaired) electrons. The number of anilines is 1. The SMILES string of the molecule is CCCOc1ccc(Br)cc1C(=O)Nc1ccc(C(=O)NC)cc1. The number of amides is 2. The van der Waals surface area contributed by atoms with Crippen LogP contribution in [0.5, 0.6) is 5.75 Å². The number of carbonyl (C=O) groups is 2. The van der Waals surface area contributed by atoms with Crippen LogP contribution in [0.15, 0.2) is 46.9 Å². The number of nitrogens with one attached hydrogen (secondary N) is 2. The molecule has 0 bridgehead atoms. The molecular formula is C18H19BrN2O3. The smallest absolute Gasteiger partial charge is 0.259 e. The molecule has 0 aliphatic rings. The highest BCUT2D eigenvalue weighted by atomic mass is 79.9. The molecule has 0 saturated carbocycles. The first-order chi connectivity index (χ1) is 11.5. The third-order valence-electron chi connectivity index (χ3n) is 3.28. The van der Waals surface area contributed by atoms with Crippen molar-refractivity contribution in [2.45, 2.75) is 13.3 Å². The number of hydrogen-bond donors (Lipinski definition) is 2. The van der Waals surface area contributed by atoms with Crippen LogP contribution in [0.2, 0.25) is 0 Å². The largest absolute Gasteiger partial charge is 0.493 e. The quantitative estimate of drug-likeness (QED) is 0.786. The Morgan fingerprint density at radius 2 is 1.79 bits per heavy atom. The Balaban J connectivity index is 2.17. The molecule has 2 N–H and O–H groups in total. The Bertz CT molecular complexity index is 730. The highest BCUT2D eigenvalue weighted by Gasteiger charge is 2.14. The van der Waals surface area contributed by atoms with Gasteiger partial charge in [-0.25, -0.2) is 0 Å². The summed E-state index contributed by atoms with van der Waals surface area (Å²) in [5, 5.41) is 5.37. The first-order valence-electron chi connectivity index (χ1n) is 7.61. The zero-order valence-corrected chi connectivity index (χ0v) is 15.1. The third-order valence-corrected chi connectivity index (χ3v) is 3.77. The van der Waals surface area contributed by atoms with E-state index in [0.29, 0.717) is 29.2 Å². The lowest BCUT2D eigenvalue weighted by molar-refractivity contribution is 0.0962. The van der Waals surface area contributed by atoms with Crippen LogP contribution in [0.4, 0.5) is 5.69 Å². The van der Waals surface area contributed by atoms with Gasteiger partial charge in [0.15, 0.2) is 0 Å². The number of ether oxygens (including phenoxy) is 1. The molecule has 0 fully saturated rings. The van der Waals surface area contributed by atoms with E-state index in [-0.39, 0.29) is 11.8 Å².